The molecule has 4 aromatic carbocycles. The Morgan fingerprint density at radius 3 is 1.94 bits per heavy atom. The lowest BCUT2D eigenvalue weighted by Crippen LogP contribution is -2.14. The summed E-state index contributed by atoms with van der Waals surface area (Å²) in [4.78, 5) is 18.0. The third-order valence-corrected chi connectivity index (χ3v) is 6.73. The molecule has 0 saturated carbocycles. The summed E-state index contributed by atoms with van der Waals surface area (Å²) in [5, 5.41) is 3.81. The van der Waals surface area contributed by atoms with Crippen LogP contribution in [0, 0.1) is 13.8 Å². The van der Waals surface area contributed by atoms with Crippen LogP contribution in [0.3, 0.4) is 0 Å². The Balaban J connectivity index is 1.55. The van der Waals surface area contributed by atoms with Gasteiger partial charge in [-0.15, -0.1) is 0 Å². The van der Waals surface area contributed by atoms with Crippen molar-refractivity contribution >= 4 is 23.4 Å². The number of hydrogen-bond donors (Lipinski definition) is 1. The average Bonchev–Trinajstić information content (AvgIpc) is 3.28. The summed E-state index contributed by atoms with van der Waals surface area (Å²) in [5.74, 6) is 0.189. The first-order chi connectivity index (χ1) is 17.6. The van der Waals surface area contributed by atoms with E-state index in [1.165, 1.54) is 11.8 Å². The molecule has 0 radical (unpaired) electrons. The van der Waals surface area contributed by atoms with E-state index in [1.807, 2.05) is 80.6 Å². The second kappa shape index (κ2) is 10.7. The number of nitrogens with zero attached hydrogens (tertiary/aromatic N) is 2. The number of anilines is 1. The molecule has 5 aromatic rings. The molecule has 0 aliphatic rings. The molecule has 1 heterocycles. The number of carbonyl (C=O) groups is 1. The predicted molar refractivity (Wildman–Crippen MR) is 150 cm³/mol. The Morgan fingerprint density at radius 2 is 1.33 bits per heavy atom. The fourth-order valence-electron chi connectivity index (χ4n) is 4.35. The van der Waals surface area contributed by atoms with Crippen LogP contribution in [-0.2, 0) is 4.79 Å². The summed E-state index contributed by atoms with van der Waals surface area (Å²) in [7, 11) is 0. The third-order valence-electron chi connectivity index (χ3n) is 5.79. The Kier molecular flexibility index (Phi) is 7.01. The largest absolute Gasteiger partial charge is 0.325 e. The van der Waals surface area contributed by atoms with E-state index in [-0.39, 0.29) is 11.7 Å². The fourth-order valence-corrected chi connectivity index (χ4v) is 5.16. The quantitative estimate of drug-likeness (QED) is 0.240. The van der Waals surface area contributed by atoms with E-state index in [2.05, 4.69) is 52.3 Å². The van der Waals surface area contributed by atoms with Crippen LogP contribution >= 0.6 is 11.8 Å². The molecule has 1 N–H and O–H groups in total. The first-order valence-electron chi connectivity index (χ1n) is 11.9. The van der Waals surface area contributed by atoms with Gasteiger partial charge in [-0.3, -0.25) is 9.36 Å². The Labute approximate surface area is 216 Å². The number of amides is 1. The topological polar surface area (TPSA) is 46.9 Å². The van der Waals surface area contributed by atoms with Crippen LogP contribution in [0.25, 0.3) is 28.2 Å². The van der Waals surface area contributed by atoms with Gasteiger partial charge in [0.1, 0.15) is 0 Å². The van der Waals surface area contributed by atoms with Gasteiger partial charge in [0.05, 0.1) is 17.1 Å². The number of carbonyl (C=O) groups excluding carboxylic acids is 1. The number of benzene rings is 4. The zero-order chi connectivity index (χ0) is 24.9. The lowest BCUT2D eigenvalue weighted by Gasteiger charge is -2.13. The molecule has 0 aliphatic carbocycles. The standard InChI is InChI=1S/C31H27N3OS/c1-22-18-23(2)20-26(19-22)32-28(35)21-36-31-33-29(24-12-6-3-7-13-24)30(25-14-8-4-9-15-25)34(31)27-16-10-5-11-17-27/h3-20H,21H2,1-2H3,(H,32,35). The fraction of sp³-hybridized carbons (Fsp3) is 0.0968. The molecule has 4 nitrogen and oxygen atoms in total. The van der Waals surface area contributed by atoms with E-state index in [0.29, 0.717) is 0 Å². The maximum atomic E-state index is 12.9. The van der Waals surface area contributed by atoms with Gasteiger partial charge in [-0.2, -0.15) is 0 Å². The van der Waals surface area contributed by atoms with Crippen molar-refractivity contribution in [2.45, 2.75) is 19.0 Å². The number of imidazole rings is 1. The third kappa shape index (κ3) is 5.26. The minimum absolute atomic E-state index is 0.0601. The molecule has 0 aliphatic heterocycles. The lowest BCUT2D eigenvalue weighted by molar-refractivity contribution is -0.113. The summed E-state index contributed by atoms with van der Waals surface area (Å²) in [6.07, 6.45) is 0. The molecule has 5 heteroatoms. The molecule has 0 fully saturated rings. The second-order valence-corrected chi connectivity index (χ2v) is 9.65. The zero-order valence-electron chi connectivity index (χ0n) is 20.3. The van der Waals surface area contributed by atoms with Gasteiger partial charge >= 0.3 is 0 Å². The van der Waals surface area contributed by atoms with Crippen molar-refractivity contribution in [1.29, 1.82) is 0 Å². The van der Waals surface area contributed by atoms with Crippen molar-refractivity contribution < 1.29 is 4.79 Å². The van der Waals surface area contributed by atoms with Crippen molar-refractivity contribution in [3.8, 4) is 28.2 Å². The van der Waals surface area contributed by atoms with E-state index in [4.69, 9.17) is 4.98 Å². The van der Waals surface area contributed by atoms with Crippen LogP contribution in [0.2, 0.25) is 0 Å². The second-order valence-electron chi connectivity index (χ2n) is 8.71. The number of aromatic nitrogens is 2. The molecular weight excluding hydrogens is 462 g/mol. The minimum atomic E-state index is -0.0601. The van der Waals surface area contributed by atoms with Gasteiger partial charge in [-0.05, 0) is 49.2 Å². The van der Waals surface area contributed by atoms with Gasteiger partial charge in [0.2, 0.25) is 5.91 Å². The van der Waals surface area contributed by atoms with Crippen LogP contribution < -0.4 is 5.32 Å². The van der Waals surface area contributed by atoms with Crippen LogP contribution in [0.15, 0.2) is 114 Å². The van der Waals surface area contributed by atoms with E-state index in [1.54, 1.807) is 0 Å². The number of para-hydroxylation sites is 1. The Bertz CT molecular complexity index is 1460. The first-order valence-corrected chi connectivity index (χ1v) is 12.9. The van der Waals surface area contributed by atoms with Crippen molar-refractivity contribution in [2.75, 3.05) is 11.1 Å². The minimum Gasteiger partial charge on any atom is -0.325 e. The number of thioether (sulfide) groups is 1. The van der Waals surface area contributed by atoms with Crippen molar-refractivity contribution in [3.63, 3.8) is 0 Å². The highest BCUT2D eigenvalue weighted by atomic mass is 32.2. The summed E-state index contributed by atoms with van der Waals surface area (Å²) in [6.45, 7) is 4.06. The van der Waals surface area contributed by atoms with E-state index in [0.717, 1.165) is 50.2 Å². The van der Waals surface area contributed by atoms with Gasteiger partial charge in [0.25, 0.3) is 0 Å². The van der Waals surface area contributed by atoms with Crippen molar-refractivity contribution in [1.82, 2.24) is 9.55 Å². The van der Waals surface area contributed by atoms with Gasteiger partial charge in [0, 0.05) is 22.5 Å². The smallest absolute Gasteiger partial charge is 0.234 e. The van der Waals surface area contributed by atoms with E-state index < -0.39 is 0 Å². The van der Waals surface area contributed by atoms with Crippen LogP contribution in [-0.4, -0.2) is 21.2 Å². The summed E-state index contributed by atoms with van der Waals surface area (Å²) in [6, 6.07) is 36.8. The molecule has 178 valence electrons. The molecule has 0 bridgehead atoms. The molecule has 0 atom stereocenters. The zero-order valence-corrected chi connectivity index (χ0v) is 21.1. The molecule has 0 spiro atoms. The molecule has 1 amide bonds. The average molecular weight is 490 g/mol. The molecule has 0 saturated heterocycles. The summed E-state index contributed by atoms with van der Waals surface area (Å²) >= 11 is 1.44. The predicted octanol–water partition coefficient (Wildman–Crippen LogP) is 7.55. The van der Waals surface area contributed by atoms with Gasteiger partial charge in [-0.25, -0.2) is 4.98 Å². The van der Waals surface area contributed by atoms with Crippen molar-refractivity contribution in [2.24, 2.45) is 0 Å². The Morgan fingerprint density at radius 1 is 0.778 bits per heavy atom. The number of aryl methyl sites for hydroxylation is 2. The molecule has 5 rings (SSSR count). The number of hydrogen-bond acceptors (Lipinski definition) is 3. The number of rotatable bonds is 7. The van der Waals surface area contributed by atoms with Crippen LogP contribution in [0.1, 0.15) is 11.1 Å². The molecular formula is C31H27N3OS. The van der Waals surface area contributed by atoms with E-state index >= 15 is 0 Å². The Hall–Kier alpha value is -4.09. The summed E-state index contributed by atoms with van der Waals surface area (Å²) in [5.41, 5.74) is 8.07. The highest BCUT2D eigenvalue weighted by Crippen LogP contribution is 2.38. The highest BCUT2D eigenvalue weighted by molar-refractivity contribution is 7.99. The first kappa shape index (κ1) is 23.6. The lowest BCUT2D eigenvalue weighted by atomic mass is 10.0. The van der Waals surface area contributed by atoms with Crippen LogP contribution in [0.4, 0.5) is 5.69 Å². The highest BCUT2D eigenvalue weighted by Gasteiger charge is 2.22. The molecule has 0 unspecified atom stereocenters. The SMILES string of the molecule is Cc1cc(C)cc(NC(=O)CSc2nc(-c3ccccc3)c(-c3ccccc3)n2-c2ccccc2)c1. The monoisotopic (exact) mass is 489 g/mol. The maximum Gasteiger partial charge on any atom is 0.234 e. The van der Waals surface area contributed by atoms with Gasteiger partial charge < -0.3 is 5.32 Å². The normalized spacial score (nSPS) is 10.8. The van der Waals surface area contributed by atoms with E-state index in [9.17, 15) is 4.79 Å². The maximum absolute atomic E-state index is 12.9. The van der Waals surface area contributed by atoms with Crippen molar-refractivity contribution in [3.05, 3.63) is 120 Å². The number of nitrogens with one attached hydrogen (secondary N) is 1. The summed E-state index contributed by atoms with van der Waals surface area (Å²) < 4.78 is 2.16. The van der Waals surface area contributed by atoms with Crippen LogP contribution in [0.5, 0.6) is 0 Å². The van der Waals surface area contributed by atoms with Gasteiger partial charge in [0.15, 0.2) is 5.16 Å². The van der Waals surface area contributed by atoms with Gasteiger partial charge in [-0.1, -0.05) is 96.7 Å². The molecule has 1 aromatic heterocycles. The molecule has 36 heavy (non-hydrogen) atoms.